The Bertz CT molecular complexity index is 1130. The molecule has 0 amide bonds. The van der Waals surface area contributed by atoms with Crippen molar-refractivity contribution in [2.75, 3.05) is 24.4 Å². The summed E-state index contributed by atoms with van der Waals surface area (Å²) in [7, 11) is 2.76. The van der Waals surface area contributed by atoms with Crippen molar-refractivity contribution in [1.29, 1.82) is 0 Å². The topological polar surface area (TPSA) is 110 Å². The SMILES string of the molecule is COC(=O)c1ccccc1N(C)c1ncnc(Nc2ccc(F)c(Cl)c2)c1[N+](=O)[O-]. The van der Waals surface area contributed by atoms with E-state index in [-0.39, 0.29) is 22.2 Å². The molecule has 1 aromatic heterocycles. The number of methoxy groups -OCH3 is 1. The molecule has 30 heavy (non-hydrogen) atoms. The van der Waals surface area contributed by atoms with Gasteiger partial charge in [0.05, 0.1) is 28.3 Å². The van der Waals surface area contributed by atoms with Crippen LogP contribution in [0.2, 0.25) is 5.02 Å². The Morgan fingerprint density at radius 3 is 2.67 bits per heavy atom. The van der Waals surface area contributed by atoms with Crippen molar-refractivity contribution in [3.05, 3.63) is 75.3 Å². The van der Waals surface area contributed by atoms with Crippen LogP contribution >= 0.6 is 11.6 Å². The smallest absolute Gasteiger partial charge is 0.354 e. The molecule has 0 spiro atoms. The summed E-state index contributed by atoms with van der Waals surface area (Å²) in [5.41, 5.74) is 0.407. The molecule has 154 valence electrons. The number of hydrogen-bond acceptors (Lipinski definition) is 8. The van der Waals surface area contributed by atoms with Gasteiger partial charge in [0.1, 0.15) is 12.1 Å². The van der Waals surface area contributed by atoms with E-state index < -0.39 is 22.4 Å². The minimum atomic E-state index is -0.653. The van der Waals surface area contributed by atoms with Gasteiger partial charge in [0.2, 0.25) is 11.6 Å². The van der Waals surface area contributed by atoms with Gasteiger partial charge in [-0.25, -0.2) is 19.2 Å². The molecule has 0 aliphatic rings. The fourth-order valence-corrected chi connectivity index (χ4v) is 2.93. The van der Waals surface area contributed by atoms with Gasteiger partial charge in [-0.15, -0.1) is 0 Å². The monoisotopic (exact) mass is 431 g/mol. The molecule has 0 aliphatic carbocycles. The number of rotatable bonds is 6. The Balaban J connectivity index is 2.08. The van der Waals surface area contributed by atoms with Crippen LogP contribution in [0.25, 0.3) is 0 Å². The molecular formula is C19H15ClFN5O4. The first-order valence-electron chi connectivity index (χ1n) is 8.46. The van der Waals surface area contributed by atoms with Crippen LogP contribution in [-0.4, -0.2) is 35.0 Å². The van der Waals surface area contributed by atoms with E-state index in [1.807, 2.05) is 0 Å². The lowest BCUT2D eigenvalue weighted by atomic mass is 10.1. The summed E-state index contributed by atoms with van der Waals surface area (Å²) in [6.45, 7) is 0. The minimum absolute atomic E-state index is 0.0675. The van der Waals surface area contributed by atoms with Crippen molar-refractivity contribution >= 4 is 46.3 Å². The number of carbonyl (C=O) groups excluding carboxylic acids is 1. The molecule has 0 fully saturated rings. The average Bonchev–Trinajstić information content (AvgIpc) is 2.75. The van der Waals surface area contributed by atoms with Crippen molar-refractivity contribution < 1.29 is 18.8 Å². The first kappa shape index (κ1) is 20.9. The molecule has 2 aromatic carbocycles. The van der Waals surface area contributed by atoms with Gasteiger partial charge in [0.25, 0.3) is 0 Å². The van der Waals surface area contributed by atoms with Crippen LogP contribution < -0.4 is 10.2 Å². The summed E-state index contributed by atoms with van der Waals surface area (Å²) >= 11 is 5.77. The van der Waals surface area contributed by atoms with Gasteiger partial charge in [-0.1, -0.05) is 23.7 Å². The van der Waals surface area contributed by atoms with Gasteiger partial charge in [-0.2, -0.15) is 0 Å². The second kappa shape index (κ2) is 8.70. The number of ether oxygens (including phenoxy) is 1. The third kappa shape index (κ3) is 4.13. The number of aromatic nitrogens is 2. The summed E-state index contributed by atoms with van der Waals surface area (Å²) in [5, 5.41) is 14.4. The Morgan fingerprint density at radius 1 is 1.27 bits per heavy atom. The zero-order valence-electron chi connectivity index (χ0n) is 15.8. The van der Waals surface area contributed by atoms with E-state index in [1.54, 1.807) is 18.2 Å². The van der Waals surface area contributed by atoms with Gasteiger partial charge in [0, 0.05) is 12.7 Å². The molecule has 0 atom stereocenters. The van der Waals surface area contributed by atoms with Gasteiger partial charge >= 0.3 is 11.7 Å². The number of halogens is 2. The van der Waals surface area contributed by atoms with Crippen LogP contribution in [-0.2, 0) is 4.74 Å². The van der Waals surface area contributed by atoms with Gasteiger partial charge < -0.3 is 15.0 Å². The average molecular weight is 432 g/mol. The second-order valence-corrected chi connectivity index (χ2v) is 6.38. The van der Waals surface area contributed by atoms with Crippen molar-refractivity contribution in [2.45, 2.75) is 0 Å². The van der Waals surface area contributed by atoms with Crippen molar-refractivity contribution in [3.8, 4) is 0 Å². The van der Waals surface area contributed by atoms with Crippen LogP contribution in [0.15, 0.2) is 48.8 Å². The van der Waals surface area contributed by atoms with E-state index in [0.717, 1.165) is 12.4 Å². The largest absolute Gasteiger partial charge is 0.465 e. The third-order valence-electron chi connectivity index (χ3n) is 4.16. The Kier molecular flexibility index (Phi) is 6.07. The van der Waals surface area contributed by atoms with E-state index in [9.17, 15) is 19.3 Å². The maximum atomic E-state index is 13.4. The predicted molar refractivity (Wildman–Crippen MR) is 109 cm³/mol. The van der Waals surface area contributed by atoms with Crippen LogP contribution in [0.1, 0.15) is 10.4 Å². The number of esters is 1. The van der Waals surface area contributed by atoms with E-state index in [1.165, 1.54) is 37.3 Å². The lowest BCUT2D eigenvalue weighted by Gasteiger charge is -2.21. The van der Waals surface area contributed by atoms with E-state index >= 15 is 0 Å². The Labute approximate surface area is 175 Å². The number of nitrogens with one attached hydrogen (secondary N) is 1. The fourth-order valence-electron chi connectivity index (χ4n) is 2.75. The van der Waals surface area contributed by atoms with E-state index in [4.69, 9.17) is 16.3 Å². The number of anilines is 4. The van der Waals surface area contributed by atoms with E-state index in [0.29, 0.717) is 11.4 Å². The van der Waals surface area contributed by atoms with Crippen LogP contribution in [0, 0.1) is 15.9 Å². The molecule has 0 bridgehead atoms. The maximum absolute atomic E-state index is 13.4. The van der Waals surface area contributed by atoms with Gasteiger partial charge in [-0.05, 0) is 30.3 Å². The predicted octanol–water partition coefficient (Wildman–Crippen LogP) is 4.48. The molecule has 0 saturated carbocycles. The molecular weight excluding hydrogens is 417 g/mol. The first-order chi connectivity index (χ1) is 14.3. The Hall–Kier alpha value is -3.79. The maximum Gasteiger partial charge on any atom is 0.354 e. The van der Waals surface area contributed by atoms with Gasteiger partial charge in [-0.3, -0.25) is 10.1 Å². The molecule has 1 N–H and O–H groups in total. The summed E-state index contributed by atoms with van der Waals surface area (Å²) < 4.78 is 18.2. The number of carbonyl (C=O) groups is 1. The zero-order chi connectivity index (χ0) is 21.8. The summed E-state index contributed by atoms with van der Waals surface area (Å²) in [6.07, 6.45) is 1.13. The number of nitro groups is 1. The van der Waals surface area contributed by atoms with Crippen LogP contribution in [0.3, 0.4) is 0 Å². The zero-order valence-corrected chi connectivity index (χ0v) is 16.6. The molecule has 0 saturated heterocycles. The highest BCUT2D eigenvalue weighted by Crippen LogP contribution is 2.37. The molecule has 3 rings (SSSR count). The van der Waals surface area contributed by atoms with Crippen molar-refractivity contribution in [3.63, 3.8) is 0 Å². The highest BCUT2D eigenvalue weighted by Gasteiger charge is 2.28. The summed E-state index contributed by atoms with van der Waals surface area (Å²) in [4.78, 5) is 32.6. The number of hydrogen-bond donors (Lipinski definition) is 1. The highest BCUT2D eigenvalue weighted by atomic mass is 35.5. The third-order valence-corrected chi connectivity index (χ3v) is 4.45. The lowest BCUT2D eigenvalue weighted by molar-refractivity contribution is -0.383. The van der Waals surface area contributed by atoms with Gasteiger partial charge in [0.15, 0.2) is 0 Å². The highest BCUT2D eigenvalue weighted by molar-refractivity contribution is 6.31. The number of benzene rings is 2. The van der Waals surface area contributed by atoms with E-state index in [2.05, 4.69) is 15.3 Å². The standard InChI is InChI=1S/C19H15ClFN5O4/c1-25(15-6-4-3-5-12(15)19(27)30-2)18-16(26(28)29)17(22-10-23-18)24-11-7-8-14(21)13(20)9-11/h3-10H,1-2H3,(H,22,23,24). The molecule has 1 heterocycles. The minimum Gasteiger partial charge on any atom is -0.465 e. The molecule has 0 unspecified atom stereocenters. The van der Waals surface area contributed by atoms with Crippen molar-refractivity contribution in [1.82, 2.24) is 9.97 Å². The molecule has 0 radical (unpaired) electrons. The number of para-hydroxylation sites is 1. The second-order valence-electron chi connectivity index (χ2n) is 5.97. The van der Waals surface area contributed by atoms with Crippen LogP contribution in [0.4, 0.5) is 33.1 Å². The molecule has 0 aliphatic heterocycles. The summed E-state index contributed by atoms with van der Waals surface area (Å²) in [6, 6.07) is 10.2. The first-order valence-corrected chi connectivity index (χ1v) is 8.83. The lowest BCUT2D eigenvalue weighted by Crippen LogP contribution is -2.18. The molecule has 9 nitrogen and oxygen atoms in total. The number of nitrogens with zero attached hydrogens (tertiary/aromatic N) is 4. The normalized spacial score (nSPS) is 10.4. The van der Waals surface area contributed by atoms with Crippen molar-refractivity contribution in [2.24, 2.45) is 0 Å². The quantitative estimate of drug-likeness (QED) is 0.345. The van der Waals surface area contributed by atoms with Crippen LogP contribution in [0.5, 0.6) is 0 Å². The fraction of sp³-hybridized carbons (Fsp3) is 0.105. The Morgan fingerprint density at radius 2 is 2.00 bits per heavy atom. The molecule has 3 aromatic rings. The molecule has 11 heteroatoms. The summed E-state index contributed by atoms with van der Waals surface area (Å²) in [5.74, 6) is -1.43.